The van der Waals surface area contributed by atoms with Crippen molar-refractivity contribution < 1.29 is 19.2 Å². The van der Waals surface area contributed by atoms with Crippen molar-refractivity contribution >= 4 is 11.8 Å². The molecule has 1 saturated heterocycles. The fourth-order valence-electron chi connectivity index (χ4n) is 1.03. The second-order valence-electron chi connectivity index (χ2n) is 2.72. The van der Waals surface area contributed by atoms with Gasteiger partial charge in [-0.3, -0.25) is 14.4 Å². The van der Waals surface area contributed by atoms with E-state index >= 15 is 0 Å². The molecule has 1 fully saturated rings. The molecule has 3 N–H and O–H groups in total. The van der Waals surface area contributed by atoms with E-state index in [0.717, 1.165) is 6.42 Å². The maximum Gasteiger partial charge on any atom is 0.272 e. The molecule has 1 atom stereocenters. The van der Waals surface area contributed by atoms with E-state index in [1.807, 2.05) is 0 Å². The third-order valence-electron chi connectivity index (χ3n) is 1.61. The van der Waals surface area contributed by atoms with Crippen LogP contribution in [0.5, 0.6) is 0 Å². The van der Waals surface area contributed by atoms with Gasteiger partial charge in [-0.05, 0) is 12.8 Å². The molecular weight excluding hydrogens is 176 g/mol. The van der Waals surface area contributed by atoms with Gasteiger partial charge in [-0.2, -0.15) is 0 Å². The molecule has 0 radical (unpaired) electrons. The molecule has 1 aliphatic rings. The summed E-state index contributed by atoms with van der Waals surface area (Å²) in [7, 11) is 0. The summed E-state index contributed by atoms with van der Waals surface area (Å²) in [6.45, 7) is 0.270. The summed E-state index contributed by atoms with van der Waals surface area (Å²) in [5, 5.41) is 0. The molecule has 1 heterocycles. The van der Waals surface area contributed by atoms with Crippen LogP contribution in [-0.2, 0) is 19.2 Å². The number of amides is 2. The lowest BCUT2D eigenvalue weighted by atomic mass is 10.2. The van der Waals surface area contributed by atoms with Gasteiger partial charge in [0.05, 0.1) is 0 Å². The number of hydrogen-bond donors (Lipinski definition) is 2. The summed E-state index contributed by atoms with van der Waals surface area (Å²) in [4.78, 5) is 25.8. The van der Waals surface area contributed by atoms with E-state index in [-0.39, 0.29) is 12.5 Å². The molecule has 0 aromatic heterocycles. The molecule has 1 aliphatic heterocycles. The molecule has 0 bridgehead atoms. The lowest BCUT2D eigenvalue weighted by molar-refractivity contribution is -0.145. The fourth-order valence-corrected chi connectivity index (χ4v) is 1.03. The van der Waals surface area contributed by atoms with Gasteiger partial charge < -0.3 is 10.5 Å². The van der Waals surface area contributed by atoms with Gasteiger partial charge in [-0.1, -0.05) is 0 Å². The lowest BCUT2D eigenvalue weighted by Gasteiger charge is -2.08. The largest absolute Gasteiger partial charge is 0.368 e. The Morgan fingerprint density at radius 1 is 1.62 bits per heavy atom. The van der Waals surface area contributed by atoms with E-state index in [4.69, 9.17) is 10.5 Å². The minimum atomic E-state index is -0.632. The van der Waals surface area contributed by atoms with Crippen molar-refractivity contribution in [3.8, 4) is 0 Å². The lowest BCUT2D eigenvalue weighted by Crippen LogP contribution is -2.36. The summed E-state index contributed by atoms with van der Waals surface area (Å²) in [5.74, 6) is -0.994. The Hall–Kier alpha value is -1.14. The molecule has 6 nitrogen and oxygen atoms in total. The van der Waals surface area contributed by atoms with E-state index in [0.29, 0.717) is 13.0 Å². The van der Waals surface area contributed by atoms with Gasteiger partial charge in [0.25, 0.3) is 5.91 Å². The smallest absolute Gasteiger partial charge is 0.272 e. The summed E-state index contributed by atoms with van der Waals surface area (Å²) in [5.41, 5.74) is 6.88. The van der Waals surface area contributed by atoms with E-state index < -0.39 is 12.0 Å². The maximum atomic E-state index is 11.1. The standard InChI is InChI=1S/C7H12N2O4/c8-6(10)4-13-9-7(11)5-2-1-3-12-5/h5H,1-4H2,(H2,8,10)(H,9,11)/t5-/m0/s1. The van der Waals surface area contributed by atoms with Crippen LogP contribution < -0.4 is 11.2 Å². The van der Waals surface area contributed by atoms with Crippen molar-refractivity contribution in [3.63, 3.8) is 0 Å². The van der Waals surface area contributed by atoms with Crippen molar-refractivity contribution in [3.05, 3.63) is 0 Å². The maximum absolute atomic E-state index is 11.1. The minimum Gasteiger partial charge on any atom is -0.368 e. The zero-order chi connectivity index (χ0) is 9.68. The number of ether oxygens (including phenoxy) is 1. The number of rotatable bonds is 4. The molecule has 0 aliphatic carbocycles. The number of hydroxylamine groups is 1. The Kier molecular flexibility index (Phi) is 3.66. The van der Waals surface area contributed by atoms with E-state index in [1.54, 1.807) is 0 Å². The average molecular weight is 188 g/mol. The molecule has 1 rings (SSSR count). The van der Waals surface area contributed by atoms with E-state index in [9.17, 15) is 9.59 Å². The van der Waals surface area contributed by atoms with Crippen LogP contribution in [0.2, 0.25) is 0 Å². The van der Waals surface area contributed by atoms with E-state index in [1.165, 1.54) is 0 Å². The highest BCUT2D eigenvalue weighted by atomic mass is 16.7. The van der Waals surface area contributed by atoms with Gasteiger partial charge in [0.1, 0.15) is 6.10 Å². The van der Waals surface area contributed by atoms with Gasteiger partial charge in [0, 0.05) is 6.61 Å². The number of hydrogen-bond acceptors (Lipinski definition) is 4. The first-order valence-corrected chi connectivity index (χ1v) is 4.01. The average Bonchev–Trinajstić information content (AvgIpc) is 2.55. The monoisotopic (exact) mass is 188 g/mol. The van der Waals surface area contributed by atoms with Crippen LogP contribution in [0.3, 0.4) is 0 Å². The summed E-state index contributed by atoms with van der Waals surface area (Å²) in [6.07, 6.45) is 1.10. The first-order valence-electron chi connectivity index (χ1n) is 4.01. The summed E-state index contributed by atoms with van der Waals surface area (Å²) in [6, 6.07) is 0. The summed E-state index contributed by atoms with van der Waals surface area (Å²) < 4.78 is 5.06. The molecule has 2 amide bonds. The molecule has 0 unspecified atom stereocenters. The third kappa shape index (κ3) is 3.39. The molecule has 0 spiro atoms. The van der Waals surface area contributed by atoms with Crippen molar-refractivity contribution in [1.82, 2.24) is 5.48 Å². The second kappa shape index (κ2) is 4.78. The predicted octanol–water partition coefficient (Wildman–Crippen LogP) is -1.30. The normalized spacial score (nSPS) is 21.4. The third-order valence-corrected chi connectivity index (χ3v) is 1.61. The van der Waals surface area contributed by atoms with Gasteiger partial charge in [0.15, 0.2) is 6.61 Å². The van der Waals surface area contributed by atoms with Crippen LogP contribution in [0, 0.1) is 0 Å². The SMILES string of the molecule is NC(=O)CONC(=O)[C@@H]1CCCO1. The highest BCUT2D eigenvalue weighted by Gasteiger charge is 2.23. The first-order chi connectivity index (χ1) is 6.20. The van der Waals surface area contributed by atoms with Crippen LogP contribution in [-0.4, -0.2) is 31.1 Å². The molecule has 0 aromatic carbocycles. The van der Waals surface area contributed by atoms with Crippen molar-refractivity contribution in [1.29, 1.82) is 0 Å². The Balaban J connectivity index is 2.13. The van der Waals surface area contributed by atoms with Crippen LogP contribution in [0.4, 0.5) is 0 Å². The van der Waals surface area contributed by atoms with Gasteiger partial charge >= 0.3 is 0 Å². The molecule has 74 valence electrons. The van der Waals surface area contributed by atoms with Gasteiger partial charge in [-0.25, -0.2) is 5.48 Å². The predicted molar refractivity (Wildman–Crippen MR) is 42.3 cm³/mol. The highest BCUT2D eigenvalue weighted by molar-refractivity contribution is 5.80. The Labute approximate surface area is 75.3 Å². The molecular formula is C7H12N2O4. The van der Waals surface area contributed by atoms with Crippen molar-refractivity contribution in [2.45, 2.75) is 18.9 Å². The Bertz CT molecular complexity index is 201. The van der Waals surface area contributed by atoms with Crippen LogP contribution in [0.1, 0.15) is 12.8 Å². The highest BCUT2D eigenvalue weighted by Crippen LogP contribution is 2.11. The van der Waals surface area contributed by atoms with Crippen LogP contribution in [0.25, 0.3) is 0 Å². The molecule has 13 heavy (non-hydrogen) atoms. The zero-order valence-electron chi connectivity index (χ0n) is 7.12. The quantitative estimate of drug-likeness (QED) is 0.536. The number of primary amides is 1. The first kappa shape index (κ1) is 9.94. The van der Waals surface area contributed by atoms with E-state index in [2.05, 4.69) is 10.3 Å². The Morgan fingerprint density at radius 3 is 2.92 bits per heavy atom. The van der Waals surface area contributed by atoms with Gasteiger partial charge in [0.2, 0.25) is 5.91 Å². The molecule has 0 aromatic rings. The second-order valence-corrected chi connectivity index (χ2v) is 2.72. The van der Waals surface area contributed by atoms with Gasteiger partial charge in [-0.15, -0.1) is 0 Å². The number of nitrogens with one attached hydrogen (secondary N) is 1. The van der Waals surface area contributed by atoms with Crippen molar-refractivity contribution in [2.75, 3.05) is 13.2 Å². The summed E-state index contributed by atoms with van der Waals surface area (Å²) >= 11 is 0. The molecule has 6 heteroatoms. The zero-order valence-corrected chi connectivity index (χ0v) is 7.12. The fraction of sp³-hybridized carbons (Fsp3) is 0.714. The minimum absolute atomic E-state index is 0.321. The topological polar surface area (TPSA) is 90.7 Å². The van der Waals surface area contributed by atoms with Crippen LogP contribution >= 0.6 is 0 Å². The van der Waals surface area contributed by atoms with Crippen molar-refractivity contribution in [2.24, 2.45) is 5.73 Å². The molecule has 0 saturated carbocycles. The van der Waals surface area contributed by atoms with Crippen LogP contribution in [0.15, 0.2) is 0 Å². The Morgan fingerprint density at radius 2 is 2.38 bits per heavy atom. The number of carbonyl (C=O) groups is 2. The number of carbonyl (C=O) groups excluding carboxylic acids is 2. The number of nitrogens with two attached hydrogens (primary N) is 1.